The lowest BCUT2D eigenvalue weighted by atomic mass is 10.1. The first-order valence-electron chi connectivity index (χ1n) is 5.11. The number of hydrogen-bond donors (Lipinski definition) is 2. The molecule has 1 heterocycles. The van der Waals surface area contributed by atoms with E-state index in [2.05, 4.69) is 5.43 Å². The molecule has 0 saturated carbocycles. The first-order chi connectivity index (χ1) is 7.85. The average molecular weight is 287 g/mol. The second-order valence-corrected chi connectivity index (χ2v) is 5.11. The Morgan fingerprint density at radius 2 is 2.18 bits per heavy atom. The highest BCUT2D eigenvalue weighted by atomic mass is 35.5. The predicted octanol–water partition coefficient (Wildman–Crippen LogP) is 3.95. The summed E-state index contributed by atoms with van der Waals surface area (Å²) in [7, 11) is 0. The summed E-state index contributed by atoms with van der Waals surface area (Å²) in [6.07, 6.45) is -4.57. The van der Waals surface area contributed by atoms with Crippen molar-refractivity contribution in [3.05, 3.63) is 20.8 Å². The van der Waals surface area contributed by atoms with Crippen molar-refractivity contribution in [3.8, 4) is 0 Å². The summed E-state index contributed by atoms with van der Waals surface area (Å²) in [6, 6.07) is -0.316. The van der Waals surface area contributed by atoms with Gasteiger partial charge in [-0.25, -0.2) is 0 Å². The molecule has 0 radical (unpaired) electrons. The zero-order valence-corrected chi connectivity index (χ0v) is 10.8. The average Bonchev–Trinajstić information content (AvgIpc) is 2.54. The van der Waals surface area contributed by atoms with E-state index in [1.54, 1.807) is 0 Å². The normalized spacial score (nSPS) is 14.0. The van der Waals surface area contributed by atoms with Gasteiger partial charge in [0.2, 0.25) is 0 Å². The monoisotopic (exact) mass is 286 g/mol. The molecule has 0 aliphatic heterocycles. The molecule has 0 fully saturated rings. The number of nitrogens with two attached hydrogens (primary N) is 1. The fraction of sp³-hybridized carbons (Fsp3) is 0.600. The van der Waals surface area contributed by atoms with Crippen LogP contribution >= 0.6 is 22.9 Å². The minimum absolute atomic E-state index is 0.0334. The van der Waals surface area contributed by atoms with Gasteiger partial charge in [0.05, 0.1) is 11.1 Å². The minimum Gasteiger partial charge on any atom is -0.271 e. The summed E-state index contributed by atoms with van der Waals surface area (Å²) in [6.45, 7) is 1.85. The molecule has 0 aromatic carbocycles. The van der Waals surface area contributed by atoms with Crippen LogP contribution in [-0.4, -0.2) is 6.18 Å². The maximum Gasteiger partial charge on any atom is 0.389 e. The Morgan fingerprint density at radius 1 is 1.53 bits per heavy atom. The van der Waals surface area contributed by atoms with Crippen LogP contribution in [0.3, 0.4) is 0 Å². The van der Waals surface area contributed by atoms with Crippen molar-refractivity contribution >= 4 is 22.9 Å². The molecular formula is C10H14ClF3N2S. The first-order valence-corrected chi connectivity index (χ1v) is 6.37. The Bertz CT molecular complexity index is 365. The van der Waals surface area contributed by atoms with Crippen molar-refractivity contribution in [1.29, 1.82) is 0 Å². The maximum atomic E-state index is 12.0. The number of nitrogens with one attached hydrogen (secondary N) is 1. The number of halogens is 4. The molecule has 3 N–H and O–H groups in total. The van der Waals surface area contributed by atoms with Crippen LogP contribution in [0.4, 0.5) is 13.2 Å². The van der Waals surface area contributed by atoms with Crippen LogP contribution < -0.4 is 11.3 Å². The molecule has 0 aliphatic carbocycles. The Balaban J connectivity index is 2.58. The van der Waals surface area contributed by atoms with Crippen LogP contribution in [0.15, 0.2) is 5.38 Å². The summed E-state index contributed by atoms with van der Waals surface area (Å²) in [5, 5.41) is 2.45. The van der Waals surface area contributed by atoms with E-state index in [0.29, 0.717) is 11.4 Å². The van der Waals surface area contributed by atoms with Gasteiger partial charge in [-0.05, 0) is 30.7 Å². The molecule has 1 aromatic rings. The largest absolute Gasteiger partial charge is 0.389 e. The van der Waals surface area contributed by atoms with Gasteiger partial charge in [-0.1, -0.05) is 11.6 Å². The Kier molecular flexibility index (Phi) is 5.24. The van der Waals surface area contributed by atoms with Gasteiger partial charge in [-0.3, -0.25) is 11.3 Å². The number of hydrazine groups is 1. The highest BCUT2D eigenvalue weighted by molar-refractivity contribution is 7.10. The second kappa shape index (κ2) is 6.04. The molecule has 17 heavy (non-hydrogen) atoms. The van der Waals surface area contributed by atoms with E-state index < -0.39 is 12.6 Å². The van der Waals surface area contributed by atoms with Crippen LogP contribution in [0.5, 0.6) is 0 Å². The van der Waals surface area contributed by atoms with E-state index >= 15 is 0 Å². The number of thiophene rings is 1. The maximum absolute atomic E-state index is 12.0. The Hall–Kier alpha value is -0.300. The summed E-state index contributed by atoms with van der Waals surface area (Å²) < 4.78 is 36.1. The predicted molar refractivity (Wildman–Crippen MR) is 64.0 cm³/mol. The topological polar surface area (TPSA) is 38.0 Å². The number of aryl methyl sites for hydroxylation is 1. The molecule has 0 amide bonds. The molecule has 1 unspecified atom stereocenters. The van der Waals surface area contributed by atoms with Gasteiger partial charge in [0.25, 0.3) is 0 Å². The van der Waals surface area contributed by atoms with Crippen LogP contribution in [0.2, 0.25) is 5.02 Å². The third-order valence-electron chi connectivity index (χ3n) is 2.40. The molecule has 0 aliphatic rings. The Labute approximate surface area is 107 Å². The zero-order valence-electron chi connectivity index (χ0n) is 9.27. The summed E-state index contributed by atoms with van der Waals surface area (Å²) >= 11 is 7.45. The molecule has 1 rings (SSSR count). The third kappa shape index (κ3) is 4.46. The molecule has 7 heteroatoms. The van der Waals surface area contributed by atoms with Crippen LogP contribution in [-0.2, 0) is 0 Å². The molecule has 0 bridgehead atoms. The van der Waals surface area contributed by atoms with Crippen LogP contribution in [0, 0.1) is 6.92 Å². The van der Waals surface area contributed by atoms with Crippen LogP contribution in [0.25, 0.3) is 0 Å². The summed E-state index contributed by atoms with van der Waals surface area (Å²) in [4.78, 5) is 0.800. The SMILES string of the molecule is Cc1csc(C(CCCC(F)(F)F)NN)c1Cl. The standard InChI is InChI=1S/C10H14ClF3N2S/c1-6-5-17-9(8(6)11)7(16-15)3-2-4-10(12,13)14/h5,7,16H,2-4,15H2,1H3. The number of rotatable bonds is 5. The Morgan fingerprint density at radius 3 is 2.59 bits per heavy atom. The smallest absolute Gasteiger partial charge is 0.271 e. The lowest BCUT2D eigenvalue weighted by Gasteiger charge is -2.15. The molecule has 1 aromatic heterocycles. The van der Waals surface area contributed by atoms with Gasteiger partial charge in [0, 0.05) is 11.3 Å². The second-order valence-electron chi connectivity index (χ2n) is 3.82. The highest BCUT2D eigenvalue weighted by Crippen LogP contribution is 2.35. The zero-order chi connectivity index (χ0) is 13.1. The fourth-order valence-corrected chi connectivity index (χ4v) is 2.90. The van der Waals surface area contributed by atoms with Crippen molar-refractivity contribution < 1.29 is 13.2 Å². The summed E-state index contributed by atoms with van der Waals surface area (Å²) in [5.41, 5.74) is 3.44. The summed E-state index contributed by atoms with van der Waals surface area (Å²) in [5.74, 6) is 5.35. The highest BCUT2D eigenvalue weighted by Gasteiger charge is 2.27. The van der Waals surface area contributed by atoms with Crippen molar-refractivity contribution in [2.45, 2.75) is 38.4 Å². The quantitative estimate of drug-likeness (QED) is 0.635. The molecular weight excluding hydrogens is 273 g/mol. The van der Waals surface area contributed by atoms with Gasteiger partial charge in [0.15, 0.2) is 0 Å². The van der Waals surface area contributed by atoms with Gasteiger partial charge in [-0.15, -0.1) is 11.3 Å². The van der Waals surface area contributed by atoms with Gasteiger partial charge < -0.3 is 0 Å². The molecule has 2 nitrogen and oxygen atoms in total. The van der Waals surface area contributed by atoms with Crippen molar-refractivity contribution in [2.75, 3.05) is 0 Å². The number of hydrogen-bond acceptors (Lipinski definition) is 3. The third-order valence-corrected chi connectivity index (χ3v) is 4.22. The number of alkyl halides is 3. The lowest BCUT2D eigenvalue weighted by Crippen LogP contribution is -2.27. The van der Waals surface area contributed by atoms with E-state index in [9.17, 15) is 13.2 Å². The van der Waals surface area contributed by atoms with Crippen molar-refractivity contribution in [1.82, 2.24) is 5.43 Å². The van der Waals surface area contributed by atoms with Crippen molar-refractivity contribution in [3.63, 3.8) is 0 Å². The lowest BCUT2D eigenvalue weighted by molar-refractivity contribution is -0.135. The molecule has 0 spiro atoms. The molecule has 1 atom stereocenters. The first kappa shape index (κ1) is 14.8. The van der Waals surface area contributed by atoms with Gasteiger partial charge in [-0.2, -0.15) is 13.2 Å². The minimum atomic E-state index is -4.12. The molecule has 98 valence electrons. The van der Waals surface area contributed by atoms with E-state index in [-0.39, 0.29) is 12.5 Å². The molecule has 0 saturated heterocycles. The van der Waals surface area contributed by atoms with Crippen LogP contribution in [0.1, 0.15) is 35.7 Å². The van der Waals surface area contributed by atoms with E-state index in [1.807, 2.05) is 12.3 Å². The van der Waals surface area contributed by atoms with Crippen molar-refractivity contribution in [2.24, 2.45) is 5.84 Å². The fourth-order valence-electron chi connectivity index (χ4n) is 1.48. The van der Waals surface area contributed by atoms with E-state index in [0.717, 1.165) is 10.4 Å². The van der Waals surface area contributed by atoms with Gasteiger partial charge in [0.1, 0.15) is 0 Å². The van der Waals surface area contributed by atoms with E-state index in [4.69, 9.17) is 17.4 Å². The van der Waals surface area contributed by atoms with E-state index in [1.165, 1.54) is 11.3 Å². The van der Waals surface area contributed by atoms with Gasteiger partial charge >= 0.3 is 6.18 Å².